The number of rotatable bonds is 11. The Labute approximate surface area is 221 Å². The van der Waals surface area contributed by atoms with Gasteiger partial charge in [-0.05, 0) is 31.0 Å². The highest BCUT2D eigenvalue weighted by molar-refractivity contribution is 6.42. The molecule has 0 spiro atoms. The summed E-state index contributed by atoms with van der Waals surface area (Å²) < 4.78 is 22.1. The molecule has 2 aromatic rings. The number of methoxy groups -OCH3 is 1. The molecule has 0 radical (unpaired) electrons. The van der Waals surface area contributed by atoms with Crippen molar-refractivity contribution >= 4 is 35.1 Å². The van der Waals surface area contributed by atoms with Gasteiger partial charge in [0.2, 0.25) is 0 Å². The van der Waals surface area contributed by atoms with E-state index < -0.39 is 17.9 Å². The van der Waals surface area contributed by atoms with Gasteiger partial charge in [-0.1, -0.05) is 65.7 Å². The summed E-state index contributed by atoms with van der Waals surface area (Å²) in [7, 11) is 1.27. The average Bonchev–Trinajstić information content (AvgIpc) is 2.90. The summed E-state index contributed by atoms with van der Waals surface area (Å²) >= 11 is 13.0. The molecule has 7 nitrogen and oxygen atoms in total. The molecule has 0 amide bonds. The van der Waals surface area contributed by atoms with Gasteiger partial charge in [-0.2, -0.15) is 0 Å². The lowest BCUT2D eigenvalue weighted by molar-refractivity contribution is -0.140. The van der Waals surface area contributed by atoms with Crippen LogP contribution in [0.5, 0.6) is 0 Å². The Balaban J connectivity index is 2.18. The molecule has 1 unspecified atom stereocenters. The third kappa shape index (κ3) is 6.48. The molecule has 2 aromatic carbocycles. The number of benzene rings is 2. The predicted molar refractivity (Wildman–Crippen MR) is 138 cm³/mol. The van der Waals surface area contributed by atoms with Crippen LogP contribution in [0.3, 0.4) is 0 Å². The van der Waals surface area contributed by atoms with E-state index >= 15 is 0 Å². The lowest BCUT2D eigenvalue weighted by Gasteiger charge is -2.32. The van der Waals surface area contributed by atoms with Crippen molar-refractivity contribution in [2.24, 2.45) is 0 Å². The van der Waals surface area contributed by atoms with Crippen molar-refractivity contribution in [2.45, 2.75) is 26.4 Å². The first-order chi connectivity index (χ1) is 17.4. The van der Waals surface area contributed by atoms with Crippen molar-refractivity contribution in [3.8, 4) is 0 Å². The number of hydrogen-bond acceptors (Lipinski definition) is 7. The van der Waals surface area contributed by atoms with Crippen LogP contribution in [0.4, 0.5) is 0 Å². The van der Waals surface area contributed by atoms with Gasteiger partial charge >= 0.3 is 11.9 Å². The fraction of sp³-hybridized carbons (Fsp3) is 0.333. The first kappa shape index (κ1) is 27.7. The summed E-state index contributed by atoms with van der Waals surface area (Å²) in [6.45, 7) is 4.72. The highest BCUT2D eigenvalue weighted by atomic mass is 35.5. The molecule has 0 fully saturated rings. The van der Waals surface area contributed by atoms with Crippen LogP contribution in [-0.2, 0) is 35.1 Å². The van der Waals surface area contributed by atoms with Gasteiger partial charge in [0.15, 0.2) is 0 Å². The Bertz CT molecular complexity index is 1150. The summed E-state index contributed by atoms with van der Waals surface area (Å²) in [5.41, 5.74) is 2.53. The van der Waals surface area contributed by atoms with Crippen LogP contribution < -0.4 is 5.32 Å². The van der Waals surface area contributed by atoms with E-state index in [1.165, 1.54) is 7.11 Å². The first-order valence-electron chi connectivity index (χ1n) is 11.5. The molecule has 0 bridgehead atoms. The number of dihydropyridines is 1. The quantitative estimate of drug-likeness (QED) is 0.398. The van der Waals surface area contributed by atoms with Gasteiger partial charge in [-0.25, -0.2) is 9.59 Å². The third-order valence-corrected chi connectivity index (χ3v) is 6.39. The van der Waals surface area contributed by atoms with Crippen LogP contribution >= 0.6 is 23.2 Å². The van der Waals surface area contributed by atoms with Crippen molar-refractivity contribution < 1.29 is 28.5 Å². The minimum atomic E-state index is -0.931. The molecular weight excluding hydrogens is 505 g/mol. The van der Waals surface area contributed by atoms with Crippen LogP contribution in [0, 0.1) is 0 Å². The summed E-state index contributed by atoms with van der Waals surface area (Å²) in [4.78, 5) is 26.8. The maximum Gasteiger partial charge on any atom is 0.337 e. The topological polar surface area (TPSA) is 83.1 Å². The summed E-state index contributed by atoms with van der Waals surface area (Å²) in [6.07, 6.45) is 0. The minimum absolute atomic E-state index is 0.0458. The number of halogens is 2. The van der Waals surface area contributed by atoms with E-state index in [0.717, 1.165) is 5.56 Å². The Hall–Kier alpha value is -2.84. The zero-order valence-corrected chi connectivity index (χ0v) is 21.9. The second kappa shape index (κ2) is 13.5. The molecule has 9 heteroatoms. The molecule has 1 aliphatic heterocycles. The van der Waals surface area contributed by atoms with Crippen molar-refractivity contribution in [3.63, 3.8) is 0 Å². The van der Waals surface area contributed by atoms with E-state index in [1.807, 2.05) is 44.2 Å². The number of carbonyl (C=O) groups excluding carboxylic acids is 2. The standard InChI is InChI=1S/C27H29Cl2NO6/c1-4-34-15-20-23(26(31)33-3)22(18-12-9-13-19(28)25(18)29)24(21(30-20)16-35-5-2)27(32)36-14-17-10-7-6-8-11-17/h6-13,22,30H,4-5,14-16H2,1-3H3. The van der Waals surface area contributed by atoms with Gasteiger partial charge in [0.05, 0.1) is 58.8 Å². The van der Waals surface area contributed by atoms with Gasteiger partial charge in [0, 0.05) is 13.2 Å². The second-order valence-electron chi connectivity index (χ2n) is 7.81. The normalized spacial score (nSPS) is 15.5. The molecule has 0 saturated carbocycles. The Morgan fingerprint density at radius 2 is 1.44 bits per heavy atom. The van der Waals surface area contributed by atoms with Gasteiger partial charge in [0.25, 0.3) is 0 Å². The smallest absolute Gasteiger partial charge is 0.337 e. The third-order valence-electron chi connectivity index (χ3n) is 5.56. The van der Waals surface area contributed by atoms with E-state index in [9.17, 15) is 9.59 Å². The first-order valence-corrected chi connectivity index (χ1v) is 12.3. The van der Waals surface area contributed by atoms with Crippen LogP contribution in [0.25, 0.3) is 0 Å². The number of esters is 2. The van der Waals surface area contributed by atoms with E-state index in [1.54, 1.807) is 18.2 Å². The van der Waals surface area contributed by atoms with E-state index in [2.05, 4.69) is 5.32 Å². The number of nitrogens with one attached hydrogen (secondary N) is 1. The van der Waals surface area contributed by atoms with Crippen molar-refractivity contribution in [1.29, 1.82) is 0 Å². The molecule has 1 aliphatic rings. The molecule has 0 aromatic heterocycles. The van der Waals surface area contributed by atoms with Crippen molar-refractivity contribution in [3.05, 3.63) is 92.2 Å². The summed E-state index contributed by atoms with van der Waals surface area (Å²) in [6, 6.07) is 14.4. The molecule has 0 aliphatic carbocycles. The Kier molecular flexibility index (Phi) is 10.4. The van der Waals surface area contributed by atoms with Crippen LogP contribution in [0.2, 0.25) is 10.0 Å². The predicted octanol–water partition coefficient (Wildman–Crippen LogP) is 5.18. The maximum absolute atomic E-state index is 13.6. The van der Waals surface area contributed by atoms with Gasteiger partial charge in [-0.3, -0.25) is 0 Å². The number of hydrogen-bond donors (Lipinski definition) is 1. The van der Waals surface area contributed by atoms with E-state index in [0.29, 0.717) is 30.2 Å². The van der Waals surface area contributed by atoms with Crippen LogP contribution in [0.1, 0.15) is 30.9 Å². The Morgan fingerprint density at radius 1 is 0.833 bits per heavy atom. The molecule has 192 valence electrons. The van der Waals surface area contributed by atoms with Crippen LogP contribution in [-0.4, -0.2) is 45.5 Å². The molecular formula is C27H29Cl2NO6. The zero-order chi connectivity index (χ0) is 26.1. The SMILES string of the molecule is CCOCC1=C(C(=O)OC)C(c2cccc(Cl)c2Cl)C(C(=O)OCc2ccccc2)=C(COCC)N1. The number of carbonyl (C=O) groups is 2. The summed E-state index contributed by atoms with van der Waals surface area (Å²) in [5, 5.41) is 3.68. The number of ether oxygens (including phenoxy) is 4. The van der Waals surface area contributed by atoms with Gasteiger partial charge < -0.3 is 24.3 Å². The fourth-order valence-corrected chi connectivity index (χ4v) is 4.31. The molecule has 36 heavy (non-hydrogen) atoms. The molecule has 3 rings (SSSR count). The minimum Gasteiger partial charge on any atom is -0.466 e. The monoisotopic (exact) mass is 533 g/mol. The molecule has 1 N–H and O–H groups in total. The fourth-order valence-electron chi connectivity index (χ4n) is 3.89. The van der Waals surface area contributed by atoms with E-state index in [-0.39, 0.29) is 41.0 Å². The molecule has 1 heterocycles. The summed E-state index contributed by atoms with van der Waals surface area (Å²) in [5.74, 6) is -2.19. The lowest BCUT2D eigenvalue weighted by Crippen LogP contribution is -2.37. The van der Waals surface area contributed by atoms with Crippen molar-refractivity contribution in [2.75, 3.05) is 33.5 Å². The average molecular weight is 534 g/mol. The highest BCUT2D eigenvalue weighted by Crippen LogP contribution is 2.43. The van der Waals surface area contributed by atoms with E-state index in [4.69, 9.17) is 42.1 Å². The Morgan fingerprint density at radius 3 is 2.03 bits per heavy atom. The zero-order valence-electron chi connectivity index (χ0n) is 20.4. The lowest BCUT2D eigenvalue weighted by atomic mass is 9.80. The maximum atomic E-state index is 13.6. The van der Waals surface area contributed by atoms with Crippen LogP contribution in [0.15, 0.2) is 71.1 Å². The molecule has 0 saturated heterocycles. The highest BCUT2D eigenvalue weighted by Gasteiger charge is 2.41. The van der Waals surface area contributed by atoms with Crippen molar-refractivity contribution in [1.82, 2.24) is 5.32 Å². The van der Waals surface area contributed by atoms with Gasteiger partial charge in [0.1, 0.15) is 6.61 Å². The largest absolute Gasteiger partial charge is 0.466 e. The second-order valence-corrected chi connectivity index (χ2v) is 8.60. The molecule has 1 atom stereocenters. The van der Waals surface area contributed by atoms with Gasteiger partial charge in [-0.15, -0.1) is 0 Å².